The van der Waals surface area contributed by atoms with Crippen molar-refractivity contribution in [3.63, 3.8) is 0 Å². The highest BCUT2D eigenvalue weighted by molar-refractivity contribution is 5.87. The van der Waals surface area contributed by atoms with Gasteiger partial charge in [-0.25, -0.2) is 0 Å². The van der Waals surface area contributed by atoms with Gasteiger partial charge in [0.05, 0.1) is 19.3 Å². The molecule has 0 aromatic rings. The summed E-state index contributed by atoms with van der Waals surface area (Å²) in [7, 11) is 0. The molecule has 0 rings (SSSR count). The van der Waals surface area contributed by atoms with Crippen LogP contribution in [0.2, 0.25) is 0 Å². The lowest BCUT2D eigenvalue weighted by Gasteiger charge is -2.10. The third-order valence-corrected chi connectivity index (χ3v) is 1.11. The Morgan fingerprint density at radius 1 is 1.55 bits per heavy atom. The van der Waals surface area contributed by atoms with Gasteiger partial charge in [-0.1, -0.05) is 6.08 Å². The number of aliphatic hydroxyl groups excluding tert-OH is 2. The Kier molecular flexibility index (Phi) is 5.42. The van der Waals surface area contributed by atoms with Crippen LogP contribution in [0.4, 0.5) is 0 Å². The summed E-state index contributed by atoms with van der Waals surface area (Å²) in [6, 6.07) is -0.557. The minimum atomic E-state index is -0.557. The van der Waals surface area contributed by atoms with Gasteiger partial charge in [-0.2, -0.15) is 0 Å². The van der Waals surface area contributed by atoms with Crippen molar-refractivity contribution in [2.75, 3.05) is 13.2 Å². The average molecular weight is 159 g/mol. The maximum absolute atomic E-state index is 10.8. The van der Waals surface area contributed by atoms with Gasteiger partial charge in [0.25, 0.3) is 0 Å². The van der Waals surface area contributed by atoms with Crippen molar-refractivity contribution in [3.8, 4) is 0 Å². The molecule has 4 heteroatoms. The topological polar surface area (TPSA) is 69.6 Å². The highest BCUT2D eigenvalue weighted by atomic mass is 16.3. The molecule has 4 nitrogen and oxygen atoms in total. The predicted molar refractivity (Wildman–Crippen MR) is 40.9 cm³/mol. The molecule has 0 aliphatic rings. The van der Waals surface area contributed by atoms with Gasteiger partial charge >= 0.3 is 0 Å². The number of hydrogen-bond acceptors (Lipinski definition) is 3. The van der Waals surface area contributed by atoms with Gasteiger partial charge in [0.1, 0.15) is 0 Å². The van der Waals surface area contributed by atoms with Crippen LogP contribution >= 0.6 is 0 Å². The van der Waals surface area contributed by atoms with E-state index in [0.29, 0.717) is 0 Å². The molecule has 0 saturated heterocycles. The molecule has 3 N–H and O–H groups in total. The van der Waals surface area contributed by atoms with Gasteiger partial charge in [0, 0.05) is 0 Å². The second-order valence-electron chi connectivity index (χ2n) is 2.07. The zero-order chi connectivity index (χ0) is 8.69. The Balaban J connectivity index is 3.71. The lowest BCUT2D eigenvalue weighted by molar-refractivity contribution is -0.117. The molecule has 11 heavy (non-hydrogen) atoms. The largest absolute Gasteiger partial charge is 0.394 e. The summed E-state index contributed by atoms with van der Waals surface area (Å²) in [4.78, 5) is 10.8. The summed E-state index contributed by atoms with van der Waals surface area (Å²) in [5.41, 5.74) is 0. The molecule has 0 aromatic heterocycles. The fraction of sp³-hybridized carbons (Fsp3) is 0.571. The van der Waals surface area contributed by atoms with Crippen LogP contribution in [0.1, 0.15) is 6.92 Å². The Morgan fingerprint density at radius 3 is 2.45 bits per heavy atom. The molecule has 0 unspecified atom stereocenters. The number of hydrogen-bond donors (Lipinski definition) is 3. The molecular formula is C7H13NO3. The third-order valence-electron chi connectivity index (χ3n) is 1.11. The van der Waals surface area contributed by atoms with Gasteiger partial charge in [-0.05, 0) is 13.0 Å². The zero-order valence-electron chi connectivity index (χ0n) is 6.45. The highest BCUT2D eigenvalue weighted by Gasteiger charge is 2.06. The number of amides is 1. The van der Waals surface area contributed by atoms with Gasteiger partial charge in [0.15, 0.2) is 0 Å². The molecule has 0 fully saturated rings. The van der Waals surface area contributed by atoms with Crippen molar-refractivity contribution in [1.29, 1.82) is 0 Å². The molecule has 0 heterocycles. The second kappa shape index (κ2) is 5.88. The van der Waals surface area contributed by atoms with Crippen molar-refractivity contribution in [2.24, 2.45) is 0 Å². The minimum absolute atomic E-state index is 0.250. The zero-order valence-corrected chi connectivity index (χ0v) is 6.45. The number of rotatable bonds is 4. The van der Waals surface area contributed by atoms with E-state index in [-0.39, 0.29) is 19.1 Å². The Morgan fingerprint density at radius 2 is 2.09 bits per heavy atom. The van der Waals surface area contributed by atoms with E-state index in [0.717, 1.165) is 0 Å². The number of allylic oxidation sites excluding steroid dienone is 1. The smallest absolute Gasteiger partial charge is 0.244 e. The van der Waals surface area contributed by atoms with E-state index >= 15 is 0 Å². The monoisotopic (exact) mass is 159 g/mol. The minimum Gasteiger partial charge on any atom is -0.394 e. The third kappa shape index (κ3) is 4.52. The molecule has 0 radical (unpaired) electrons. The first kappa shape index (κ1) is 10.1. The maximum atomic E-state index is 10.8. The fourth-order valence-electron chi connectivity index (χ4n) is 0.550. The maximum Gasteiger partial charge on any atom is 0.244 e. The summed E-state index contributed by atoms with van der Waals surface area (Å²) < 4.78 is 0. The first-order valence-corrected chi connectivity index (χ1v) is 3.39. The number of nitrogens with one attached hydrogen (secondary N) is 1. The molecular weight excluding hydrogens is 146 g/mol. The van der Waals surface area contributed by atoms with Crippen LogP contribution in [0.25, 0.3) is 0 Å². The summed E-state index contributed by atoms with van der Waals surface area (Å²) >= 11 is 0. The van der Waals surface area contributed by atoms with Crippen LogP contribution in [-0.4, -0.2) is 35.4 Å². The SMILES string of the molecule is CC=CC(=O)NC(CO)CO. The van der Waals surface area contributed by atoms with E-state index in [1.54, 1.807) is 13.0 Å². The molecule has 0 aliphatic carbocycles. The Labute approximate surface area is 65.5 Å². The molecule has 0 aliphatic heterocycles. The Bertz CT molecular complexity index is 141. The molecule has 0 spiro atoms. The Hall–Kier alpha value is -0.870. The van der Waals surface area contributed by atoms with Crippen molar-refractivity contribution in [2.45, 2.75) is 13.0 Å². The fourth-order valence-corrected chi connectivity index (χ4v) is 0.550. The van der Waals surface area contributed by atoms with Gasteiger partial charge in [-0.3, -0.25) is 4.79 Å². The molecule has 0 saturated carbocycles. The van der Waals surface area contributed by atoms with E-state index in [2.05, 4.69) is 5.32 Å². The van der Waals surface area contributed by atoms with E-state index in [9.17, 15) is 4.79 Å². The average Bonchev–Trinajstić information content (AvgIpc) is 2.01. The van der Waals surface area contributed by atoms with Crippen LogP contribution in [0, 0.1) is 0 Å². The summed E-state index contributed by atoms with van der Waals surface area (Å²) in [6.45, 7) is 1.21. The normalized spacial score (nSPS) is 10.9. The number of carbonyl (C=O) groups is 1. The van der Waals surface area contributed by atoms with Crippen LogP contribution in [0.15, 0.2) is 12.2 Å². The van der Waals surface area contributed by atoms with E-state index in [4.69, 9.17) is 10.2 Å². The van der Waals surface area contributed by atoms with Gasteiger partial charge in [0.2, 0.25) is 5.91 Å². The molecule has 64 valence electrons. The predicted octanol–water partition coefficient (Wildman–Crippen LogP) is -0.968. The standard InChI is InChI=1S/C7H13NO3/c1-2-3-7(11)8-6(4-9)5-10/h2-3,6,9-10H,4-5H2,1H3,(H,8,11). The second-order valence-corrected chi connectivity index (χ2v) is 2.07. The van der Waals surface area contributed by atoms with Gasteiger partial charge in [-0.15, -0.1) is 0 Å². The van der Waals surface area contributed by atoms with Crippen molar-refractivity contribution >= 4 is 5.91 Å². The highest BCUT2D eigenvalue weighted by Crippen LogP contribution is 1.80. The van der Waals surface area contributed by atoms with Crippen molar-refractivity contribution < 1.29 is 15.0 Å². The van der Waals surface area contributed by atoms with Crippen molar-refractivity contribution in [1.82, 2.24) is 5.32 Å². The summed E-state index contributed by atoms with van der Waals surface area (Å²) in [5, 5.41) is 19.5. The van der Waals surface area contributed by atoms with Crippen LogP contribution < -0.4 is 5.32 Å². The summed E-state index contributed by atoms with van der Waals surface area (Å²) in [5.74, 6) is -0.305. The number of aliphatic hydroxyl groups is 2. The van der Waals surface area contributed by atoms with Crippen LogP contribution in [0.5, 0.6) is 0 Å². The lowest BCUT2D eigenvalue weighted by atomic mass is 10.3. The molecule has 0 aromatic carbocycles. The molecule has 1 amide bonds. The van der Waals surface area contributed by atoms with Gasteiger partial charge < -0.3 is 15.5 Å². The van der Waals surface area contributed by atoms with Crippen LogP contribution in [-0.2, 0) is 4.79 Å². The summed E-state index contributed by atoms with van der Waals surface area (Å²) in [6.07, 6.45) is 2.92. The van der Waals surface area contributed by atoms with E-state index < -0.39 is 6.04 Å². The molecule has 0 atom stereocenters. The van der Waals surface area contributed by atoms with E-state index in [1.165, 1.54) is 6.08 Å². The first-order valence-electron chi connectivity index (χ1n) is 3.39. The number of carbonyl (C=O) groups excluding carboxylic acids is 1. The quantitative estimate of drug-likeness (QED) is 0.462. The van der Waals surface area contributed by atoms with Crippen LogP contribution in [0.3, 0.4) is 0 Å². The first-order chi connectivity index (χ1) is 5.24. The molecule has 0 bridgehead atoms. The van der Waals surface area contributed by atoms with Crippen molar-refractivity contribution in [3.05, 3.63) is 12.2 Å². The van der Waals surface area contributed by atoms with E-state index in [1.807, 2.05) is 0 Å². The lowest BCUT2D eigenvalue weighted by Crippen LogP contribution is -2.39.